The van der Waals surface area contributed by atoms with Crippen LogP contribution in [0, 0.1) is 5.82 Å². The Morgan fingerprint density at radius 1 is 1.12 bits per heavy atom. The van der Waals surface area contributed by atoms with Gasteiger partial charge in [0.05, 0.1) is 0 Å². The molecular weight excluding hydrogens is 201 g/mol. The van der Waals surface area contributed by atoms with Gasteiger partial charge in [0.25, 0.3) is 0 Å². The molecule has 1 nitrogen and oxygen atoms in total. The van der Waals surface area contributed by atoms with Crippen LogP contribution in [-0.4, -0.2) is 4.98 Å². The summed E-state index contributed by atoms with van der Waals surface area (Å²) in [5.74, 6) is 0.0549. The largest absolute Gasteiger partial charge is 0.264 e. The minimum absolute atomic E-state index is 0.136. The third-order valence-electron chi connectivity index (χ3n) is 2.61. The fourth-order valence-electron chi connectivity index (χ4n) is 1.70. The molecule has 0 N–H and O–H groups in total. The van der Waals surface area contributed by atoms with Crippen molar-refractivity contribution in [2.45, 2.75) is 19.8 Å². The van der Waals surface area contributed by atoms with Gasteiger partial charge in [-0.15, -0.1) is 0 Å². The number of rotatable bonds is 2. The molecule has 0 amide bonds. The number of halogens is 1. The van der Waals surface area contributed by atoms with Gasteiger partial charge in [0.1, 0.15) is 5.82 Å². The van der Waals surface area contributed by atoms with Crippen LogP contribution < -0.4 is 0 Å². The van der Waals surface area contributed by atoms with Crippen LogP contribution in [0.2, 0.25) is 0 Å². The number of pyridine rings is 1. The summed E-state index contributed by atoms with van der Waals surface area (Å²) in [4.78, 5) is 4.06. The lowest BCUT2D eigenvalue weighted by Gasteiger charge is -2.09. The predicted molar refractivity (Wildman–Crippen MR) is 63.7 cm³/mol. The van der Waals surface area contributed by atoms with Gasteiger partial charge in [0.2, 0.25) is 0 Å². The maximum absolute atomic E-state index is 13.5. The zero-order valence-electron chi connectivity index (χ0n) is 9.44. The van der Waals surface area contributed by atoms with Crippen LogP contribution in [0.15, 0.2) is 42.7 Å². The van der Waals surface area contributed by atoms with Crippen LogP contribution in [0.1, 0.15) is 25.3 Å². The Kier molecular flexibility index (Phi) is 3.00. The molecule has 0 bridgehead atoms. The molecule has 2 heteroatoms. The van der Waals surface area contributed by atoms with Crippen molar-refractivity contribution in [1.29, 1.82) is 0 Å². The van der Waals surface area contributed by atoms with E-state index in [-0.39, 0.29) is 11.7 Å². The molecule has 0 radical (unpaired) electrons. The third kappa shape index (κ3) is 2.11. The second-order valence-corrected chi connectivity index (χ2v) is 4.13. The highest BCUT2D eigenvalue weighted by Crippen LogP contribution is 2.25. The second kappa shape index (κ2) is 4.44. The van der Waals surface area contributed by atoms with Crippen LogP contribution in [0.25, 0.3) is 11.1 Å². The molecule has 1 aromatic carbocycles. The number of benzene rings is 1. The average Bonchev–Trinajstić information content (AvgIpc) is 2.30. The van der Waals surface area contributed by atoms with Crippen molar-refractivity contribution < 1.29 is 4.39 Å². The molecule has 0 saturated carbocycles. The monoisotopic (exact) mass is 215 g/mol. The molecule has 0 aliphatic carbocycles. The van der Waals surface area contributed by atoms with Gasteiger partial charge in [-0.3, -0.25) is 4.98 Å². The maximum atomic E-state index is 13.5. The summed E-state index contributed by atoms with van der Waals surface area (Å²) in [6.45, 7) is 3.98. The first-order chi connectivity index (χ1) is 7.68. The van der Waals surface area contributed by atoms with Crippen molar-refractivity contribution in [3.8, 4) is 11.1 Å². The lowest BCUT2D eigenvalue weighted by atomic mass is 9.97. The molecule has 0 spiro atoms. The number of aromatic nitrogens is 1. The van der Waals surface area contributed by atoms with Gasteiger partial charge in [-0.25, -0.2) is 4.39 Å². The zero-order chi connectivity index (χ0) is 11.5. The first-order valence-electron chi connectivity index (χ1n) is 5.38. The van der Waals surface area contributed by atoms with Gasteiger partial charge in [-0.1, -0.05) is 26.0 Å². The van der Waals surface area contributed by atoms with Crippen molar-refractivity contribution in [1.82, 2.24) is 4.98 Å². The van der Waals surface area contributed by atoms with E-state index >= 15 is 0 Å². The quantitative estimate of drug-likeness (QED) is 0.737. The van der Waals surface area contributed by atoms with Crippen LogP contribution >= 0.6 is 0 Å². The highest BCUT2D eigenvalue weighted by molar-refractivity contribution is 5.63. The Hall–Kier alpha value is -1.70. The predicted octanol–water partition coefficient (Wildman–Crippen LogP) is 4.01. The standard InChI is InChI=1S/C14H14FN/c1-10(2)13-8-11(5-6-14(13)15)12-4-3-7-16-9-12/h3-10H,1-2H3. The summed E-state index contributed by atoms with van der Waals surface area (Å²) in [5, 5.41) is 0. The molecule has 0 aliphatic heterocycles. The highest BCUT2D eigenvalue weighted by atomic mass is 19.1. The van der Waals surface area contributed by atoms with Gasteiger partial charge >= 0.3 is 0 Å². The molecule has 1 heterocycles. The van der Waals surface area contributed by atoms with Crippen molar-refractivity contribution in [2.75, 3.05) is 0 Å². The SMILES string of the molecule is CC(C)c1cc(-c2cccnc2)ccc1F. The Bertz CT molecular complexity index is 477. The van der Waals surface area contributed by atoms with Crippen molar-refractivity contribution in [3.05, 3.63) is 54.1 Å². The number of hydrogen-bond donors (Lipinski definition) is 0. The van der Waals surface area contributed by atoms with E-state index in [0.29, 0.717) is 0 Å². The van der Waals surface area contributed by atoms with Crippen molar-refractivity contribution in [2.24, 2.45) is 0 Å². The Balaban J connectivity index is 2.48. The van der Waals surface area contributed by atoms with E-state index in [9.17, 15) is 4.39 Å². The van der Waals surface area contributed by atoms with E-state index in [1.165, 1.54) is 6.07 Å². The third-order valence-corrected chi connectivity index (χ3v) is 2.61. The normalized spacial score (nSPS) is 10.8. The van der Waals surface area contributed by atoms with Crippen LogP contribution in [0.5, 0.6) is 0 Å². The molecule has 2 rings (SSSR count). The molecule has 0 aliphatic rings. The molecule has 0 fully saturated rings. The van der Waals surface area contributed by atoms with E-state index in [2.05, 4.69) is 4.98 Å². The zero-order valence-corrected chi connectivity index (χ0v) is 9.44. The molecule has 0 atom stereocenters. The Labute approximate surface area is 95.0 Å². The summed E-state index contributed by atoms with van der Waals surface area (Å²) in [7, 11) is 0. The van der Waals surface area contributed by atoms with E-state index < -0.39 is 0 Å². The highest BCUT2D eigenvalue weighted by Gasteiger charge is 2.08. The van der Waals surface area contributed by atoms with Gasteiger partial charge in [-0.2, -0.15) is 0 Å². The maximum Gasteiger partial charge on any atom is 0.126 e. The van der Waals surface area contributed by atoms with Crippen LogP contribution in [-0.2, 0) is 0 Å². The van der Waals surface area contributed by atoms with Gasteiger partial charge in [0, 0.05) is 12.4 Å². The van der Waals surface area contributed by atoms with E-state index in [4.69, 9.17) is 0 Å². The van der Waals surface area contributed by atoms with Crippen LogP contribution in [0.3, 0.4) is 0 Å². The fraction of sp³-hybridized carbons (Fsp3) is 0.214. The lowest BCUT2D eigenvalue weighted by Crippen LogP contribution is -1.93. The van der Waals surface area contributed by atoms with E-state index in [1.54, 1.807) is 18.5 Å². The Morgan fingerprint density at radius 3 is 2.56 bits per heavy atom. The summed E-state index contributed by atoms with van der Waals surface area (Å²) >= 11 is 0. The van der Waals surface area contributed by atoms with E-state index in [0.717, 1.165) is 16.7 Å². The first-order valence-corrected chi connectivity index (χ1v) is 5.38. The Morgan fingerprint density at radius 2 is 1.94 bits per heavy atom. The smallest absolute Gasteiger partial charge is 0.126 e. The molecule has 2 aromatic rings. The molecular formula is C14H14FN. The van der Waals surface area contributed by atoms with E-state index in [1.807, 2.05) is 32.0 Å². The number of nitrogens with zero attached hydrogens (tertiary/aromatic N) is 1. The average molecular weight is 215 g/mol. The van der Waals surface area contributed by atoms with Crippen molar-refractivity contribution in [3.63, 3.8) is 0 Å². The van der Waals surface area contributed by atoms with Crippen molar-refractivity contribution >= 4 is 0 Å². The number of hydrogen-bond acceptors (Lipinski definition) is 1. The summed E-state index contributed by atoms with van der Waals surface area (Å²) < 4.78 is 13.5. The molecule has 16 heavy (non-hydrogen) atoms. The summed E-state index contributed by atoms with van der Waals surface area (Å²) in [6.07, 6.45) is 3.52. The van der Waals surface area contributed by atoms with Gasteiger partial charge in [-0.05, 0) is 40.8 Å². The summed E-state index contributed by atoms with van der Waals surface area (Å²) in [5.41, 5.74) is 2.78. The second-order valence-electron chi connectivity index (χ2n) is 4.13. The van der Waals surface area contributed by atoms with Gasteiger partial charge in [0.15, 0.2) is 0 Å². The topological polar surface area (TPSA) is 12.9 Å². The molecule has 0 unspecified atom stereocenters. The lowest BCUT2D eigenvalue weighted by molar-refractivity contribution is 0.598. The summed E-state index contributed by atoms with van der Waals surface area (Å²) in [6, 6.07) is 9.07. The van der Waals surface area contributed by atoms with Gasteiger partial charge < -0.3 is 0 Å². The van der Waals surface area contributed by atoms with Crippen LogP contribution in [0.4, 0.5) is 4.39 Å². The molecule has 0 saturated heterocycles. The minimum atomic E-state index is -0.136. The molecule has 82 valence electrons. The molecule has 1 aromatic heterocycles. The fourth-order valence-corrected chi connectivity index (χ4v) is 1.70. The minimum Gasteiger partial charge on any atom is -0.264 e. The first kappa shape index (κ1) is 10.8.